The third-order valence-corrected chi connectivity index (χ3v) is 6.41. The van der Waals surface area contributed by atoms with Crippen molar-refractivity contribution in [1.29, 1.82) is 0 Å². The van der Waals surface area contributed by atoms with Gasteiger partial charge in [-0.25, -0.2) is 12.8 Å². The van der Waals surface area contributed by atoms with Gasteiger partial charge in [0.15, 0.2) is 0 Å². The number of amides is 1. The minimum absolute atomic E-state index is 0.00125. The molecule has 1 amide bonds. The number of carbonyl (C=O) groups excluding carboxylic acids is 1. The molecule has 3 rings (SSSR count). The van der Waals surface area contributed by atoms with E-state index in [1.165, 1.54) is 39.5 Å². The summed E-state index contributed by atoms with van der Waals surface area (Å²) in [5.41, 5.74) is -0.00125. The molecule has 1 heterocycles. The topological polar surface area (TPSA) is 57.7 Å². The maximum Gasteiger partial charge on any atom is 0.256 e. The van der Waals surface area contributed by atoms with Crippen LogP contribution in [-0.4, -0.2) is 49.7 Å². The first-order valence-corrected chi connectivity index (χ1v) is 10.0. The van der Waals surface area contributed by atoms with Gasteiger partial charge >= 0.3 is 0 Å². The van der Waals surface area contributed by atoms with Gasteiger partial charge < -0.3 is 4.90 Å². The summed E-state index contributed by atoms with van der Waals surface area (Å²) in [6.07, 6.45) is 0.472. The molecule has 0 radical (unpaired) electrons. The maximum atomic E-state index is 13.9. The van der Waals surface area contributed by atoms with Crippen molar-refractivity contribution < 1.29 is 17.6 Å². The molecule has 0 aliphatic carbocycles. The second-order valence-corrected chi connectivity index (χ2v) is 8.36. The molecular weight excluding hydrogens is 379 g/mol. The highest BCUT2D eigenvalue weighted by Gasteiger charge is 2.29. The summed E-state index contributed by atoms with van der Waals surface area (Å²) < 4.78 is 40.8. The fourth-order valence-corrected chi connectivity index (χ4v) is 4.69. The van der Waals surface area contributed by atoms with Gasteiger partial charge in [0.2, 0.25) is 10.0 Å². The molecule has 0 bridgehead atoms. The quantitative estimate of drug-likeness (QED) is 0.801. The van der Waals surface area contributed by atoms with Gasteiger partial charge in [0, 0.05) is 31.2 Å². The van der Waals surface area contributed by atoms with Crippen LogP contribution in [0.25, 0.3) is 0 Å². The van der Waals surface area contributed by atoms with Crippen LogP contribution in [-0.2, 0) is 10.0 Å². The number of benzene rings is 2. The normalized spacial score (nSPS) is 16.3. The second kappa shape index (κ2) is 7.73. The van der Waals surface area contributed by atoms with Crippen molar-refractivity contribution in [3.63, 3.8) is 0 Å². The Balaban J connectivity index is 1.76. The first-order valence-electron chi connectivity index (χ1n) is 8.19. The Morgan fingerprint density at radius 1 is 1.00 bits per heavy atom. The van der Waals surface area contributed by atoms with E-state index in [-0.39, 0.29) is 30.1 Å². The Kier molecular flexibility index (Phi) is 5.60. The molecule has 0 unspecified atom stereocenters. The Morgan fingerprint density at radius 2 is 1.77 bits per heavy atom. The Morgan fingerprint density at radius 3 is 2.50 bits per heavy atom. The highest BCUT2D eigenvalue weighted by atomic mass is 35.5. The SMILES string of the molecule is O=C(c1ccccc1F)N1CCCN(S(=O)(=O)c2cccc(Cl)c2)CC1. The molecule has 1 fully saturated rings. The third-order valence-electron chi connectivity index (χ3n) is 4.28. The molecule has 0 spiro atoms. The van der Waals surface area contributed by atoms with Gasteiger partial charge in [0.05, 0.1) is 10.5 Å². The molecule has 2 aromatic rings. The van der Waals surface area contributed by atoms with E-state index < -0.39 is 21.7 Å². The van der Waals surface area contributed by atoms with Crippen LogP contribution < -0.4 is 0 Å². The van der Waals surface area contributed by atoms with Gasteiger partial charge in [0.1, 0.15) is 5.82 Å². The number of hydrogen-bond donors (Lipinski definition) is 0. The summed E-state index contributed by atoms with van der Waals surface area (Å²) in [7, 11) is -3.69. The lowest BCUT2D eigenvalue weighted by molar-refractivity contribution is 0.0759. The predicted octanol–water partition coefficient (Wildman–Crippen LogP) is 3.02. The van der Waals surface area contributed by atoms with Gasteiger partial charge in [-0.3, -0.25) is 4.79 Å². The number of rotatable bonds is 3. The Bertz CT molecular complexity index is 920. The van der Waals surface area contributed by atoms with E-state index in [1.807, 2.05) is 0 Å². The van der Waals surface area contributed by atoms with Gasteiger partial charge in [-0.1, -0.05) is 29.8 Å². The monoisotopic (exact) mass is 396 g/mol. The fourth-order valence-electron chi connectivity index (χ4n) is 2.92. The van der Waals surface area contributed by atoms with Crippen LogP contribution in [0.3, 0.4) is 0 Å². The zero-order chi connectivity index (χ0) is 18.7. The third kappa shape index (κ3) is 3.90. The standard InChI is InChI=1S/C18H18ClFN2O3S/c19-14-5-3-6-15(13-14)26(24,25)22-10-4-9-21(11-12-22)18(23)16-7-1-2-8-17(16)20/h1-3,5-8,13H,4,9-12H2. The second-order valence-electron chi connectivity index (χ2n) is 5.99. The molecule has 8 heteroatoms. The van der Waals surface area contributed by atoms with E-state index in [0.29, 0.717) is 18.0 Å². The average molecular weight is 397 g/mol. The van der Waals surface area contributed by atoms with Crippen molar-refractivity contribution in [2.45, 2.75) is 11.3 Å². The number of halogens is 2. The van der Waals surface area contributed by atoms with Crippen molar-refractivity contribution >= 4 is 27.5 Å². The van der Waals surface area contributed by atoms with Crippen molar-refractivity contribution in [2.75, 3.05) is 26.2 Å². The molecule has 2 aromatic carbocycles. The summed E-state index contributed by atoms with van der Waals surface area (Å²) in [6.45, 7) is 1.01. The minimum atomic E-state index is -3.69. The van der Waals surface area contributed by atoms with Crippen LogP contribution in [0.4, 0.5) is 4.39 Å². The predicted molar refractivity (Wildman–Crippen MR) is 97.1 cm³/mol. The van der Waals surface area contributed by atoms with E-state index in [1.54, 1.807) is 18.2 Å². The van der Waals surface area contributed by atoms with E-state index in [0.717, 1.165) is 0 Å². The summed E-state index contributed by atoms with van der Waals surface area (Å²) in [4.78, 5) is 14.2. The van der Waals surface area contributed by atoms with Crippen LogP contribution in [0.1, 0.15) is 16.8 Å². The largest absolute Gasteiger partial charge is 0.337 e. The van der Waals surface area contributed by atoms with E-state index >= 15 is 0 Å². The molecule has 1 aliphatic rings. The number of hydrogen-bond acceptors (Lipinski definition) is 3. The van der Waals surface area contributed by atoms with Gasteiger partial charge in [0.25, 0.3) is 5.91 Å². The summed E-state index contributed by atoms with van der Waals surface area (Å²) in [5, 5.41) is 0.345. The highest BCUT2D eigenvalue weighted by molar-refractivity contribution is 7.89. The van der Waals surface area contributed by atoms with Crippen LogP contribution in [0.2, 0.25) is 5.02 Å². The van der Waals surface area contributed by atoms with Crippen LogP contribution >= 0.6 is 11.6 Å². The number of sulfonamides is 1. The number of carbonyl (C=O) groups is 1. The van der Waals surface area contributed by atoms with Crippen LogP contribution in [0.15, 0.2) is 53.4 Å². The molecule has 1 aliphatic heterocycles. The van der Waals surface area contributed by atoms with E-state index in [2.05, 4.69) is 0 Å². The van der Waals surface area contributed by atoms with Gasteiger partial charge in [-0.05, 0) is 36.8 Å². The first kappa shape index (κ1) is 18.8. The molecule has 138 valence electrons. The maximum absolute atomic E-state index is 13.9. The van der Waals surface area contributed by atoms with E-state index in [4.69, 9.17) is 11.6 Å². The zero-order valence-corrected chi connectivity index (χ0v) is 15.5. The van der Waals surface area contributed by atoms with Crippen LogP contribution in [0.5, 0.6) is 0 Å². The smallest absolute Gasteiger partial charge is 0.256 e. The van der Waals surface area contributed by atoms with Crippen LogP contribution in [0, 0.1) is 5.82 Å². The van der Waals surface area contributed by atoms with Crippen molar-refractivity contribution in [3.05, 3.63) is 64.9 Å². The molecule has 0 N–H and O–H groups in total. The lowest BCUT2D eigenvalue weighted by atomic mass is 10.2. The minimum Gasteiger partial charge on any atom is -0.337 e. The summed E-state index contributed by atoms with van der Waals surface area (Å²) in [5.74, 6) is -1.00. The zero-order valence-electron chi connectivity index (χ0n) is 13.9. The average Bonchev–Trinajstić information content (AvgIpc) is 2.88. The van der Waals surface area contributed by atoms with Gasteiger partial charge in [-0.15, -0.1) is 0 Å². The van der Waals surface area contributed by atoms with Crippen molar-refractivity contribution in [1.82, 2.24) is 9.21 Å². The molecule has 1 saturated heterocycles. The molecule has 0 atom stereocenters. The number of nitrogens with zero attached hydrogens (tertiary/aromatic N) is 2. The van der Waals surface area contributed by atoms with Crippen molar-refractivity contribution in [2.24, 2.45) is 0 Å². The summed E-state index contributed by atoms with van der Waals surface area (Å²) >= 11 is 5.90. The Hall–Kier alpha value is -1.96. The lowest BCUT2D eigenvalue weighted by Crippen LogP contribution is -2.37. The Labute approximate surface area is 157 Å². The molecule has 0 aromatic heterocycles. The first-order chi connectivity index (χ1) is 12.4. The highest BCUT2D eigenvalue weighted by Crippen LogP contribution is 2.21. The van der Waals surface area contributed by atoms with E-state index in [9.17, 15) is 17.6 Å². The molecular formula is C18H18ClFN2O3S. The molecule has 5 nitrogen and oxygen atoms in total. The summed E-state index contributed by atoms with van der Waals surface area (Å²) in [6, 6.07) is 11.9. The molecule has 0 saturated carbocycles. The lowest BCUT2D eigenvalue weighted by Gasteiger charge is -2.22. The van der Waals surface area contributed by atoms with Gasteiger partial charge in [-0.2, -0.15) is 4.31 Å². The fraction of sp³-hybridized carbons (Fsp3) is 0.278. The van der Waals surface area contributed by atoms with Crippen molar-refractivity contribution in [3.8, 4) is 0 Å². The molecule has 26 heavy (non-hydrogen) atoms.